The molecule has 0 amide bonds. The van der Waals surface area contributed by atoms with Gasteiger partial charge in [-0.3, -0.25) is 10.3 Å². The summed E-state index contributed by atoms with van der Waals surface area (Å²) in [5, 5.41) is 6.23. The molecule has 0 unspecified atom stereocenters. The topological polar surface area (TPSA) is 78.7 Å². The number of anilines is 4. The molecule has 9 heteroatoms. The molecule has 2 aromatic heterocycles. The summed E-state index contributed by atoms with van der Waals surface area (Å²) in [7, 11) is 1.62. The maximum Gasteiger partial charge on any atom is 0.320 e. The molecule has 4 aromatic rings. The van der Waals surface area contributed by atoms with Crippen LogP contribution in [0.2, 0.25) is 0 Å². The van der Waals surface area contributed by atoms with Crippen molar-refractivity contribution < 1.29 is 18.1 Å². The maximum atomic E-state index is 14.3. The lowest BCUT2D eigenvalue weighted by molar-refractivity contribution is -0.684. The van der Waals surface area contributed by atoms with Crippen LogP contribution in [0.4, 0.5) is 32.1 Å². The van der Waals surface area contributed by atoms with Crippen LogP contribution in [0.5, 0.6) is 5.75 Å². The van der Waals surface area contributed by atoms with E-state index < -0.39 is 11.6 Å². The molecule has 0 atom stereocenters. The van der Waals surface area contributed by atoms with E-state index in [0.29, 0.717) is 23.1 Å². The second kappa shape index (κ2) is 8.41. The number of imidazole rings is 1. The van der Waals surface area contributed by atoms with Crippen molar-refractivity contribution in [2.75, 3.05) is 17.7 Å². The van der Waals surface area contributed by atoms with E-state index in [-0.39, 0.29) is 11.7 Å². The number of nitrogens with zero attached hydrogens (tertiary/aromatic N) is 3. The first-order valence-electron chi connectivity index (χ1n) is 10.5. The van der Waals surface area contributed by atoms with Crippen LogP contribution >= 0.6 is 0 Å². The first-order chi connectivity index (χ1) is 15.6. The van der Waals surface area contributed by atoms with E-state index in [9.17, 15) is 8.78 Å². The zero-order chi connectivity index (χ0) is 22.1. The van der Waals surface area contributed by atoms with Crippen LogP contribution in [0.3, 0.4) is 0 Å². The summed E-state index contributed by atoms with van der Waals surface area (Å²) in [6.45, 7) is 0. The molecule has 0 bridgehead atoms. The van der Waals surface area contributed by atoms with Crippen molar-refractivity contribution in [1.29, 1.82) is 0 Å². The number of aromatic amines is 1. The van der Waals surface area contributed by atoms with Crippen molar-refractivity contribution in [3.8, 4) is 5.75 Å². The number of H-pyrrole nitrogens is 1. The van der Waals surface area contributed by atoms with Gasteiger partial charge in [-0.05, 0) is 49.2 Å². The van der Waals surface area contributed by atoms with Crippen molar-refractivity contribution in [2.24, 2.45) is 0 Å². The van der Waals surface area contributed by atoms with E-state index in [4.69, 9.17) is 9.72 Å². The van der Waals surface area contributed by atoms with Crippen molar-refractivity contribution in [2.45, 2.75) is 31.7 Å². The third-order valence-corrected chi connectivity index (χ3v) is 5.71. The van der Waals surface area contributed by atoms with E-state index in [0.717, 1.165) is 55.3 Å². The third-order valence-electron chi connectivity index (χ3n) is 5.71. The van der Waals surface area contributed by atoms with Gasteiger partial charge >= 0.3 is 5.95 Å². The van der Waals surface area contributed by atoms with Gasteiger partial charge in [-0.2, -0.15) is 0 Å². The van der Waals surface area contributed by atoms with Crippen LogP contribution in [0.1, 0.15) is 31.7 Å². The molecule has 2 heterocycles. The number of aromatic nitrogens is 4. The minimum atomic E-state index is -0.532. The number of hydrogen-bond donors (Lipinski definition) is 3. The number of fused-ring (bicyclic) bond motifs is 1. The molecule has 0 aliphatic heterocycles. The minimum Gasteiger partial charge on any atom is -0.497 e. The molecule has 0 saturated heterocycles. The Hall–Kier alpha value is -3.75. The van der Waals surface area contributed by atoms with E-state index >= 15 is 0 Å². The fourth-order valence-electron chi connectivity index (χ4n) is 4.13. The fraction of sp³-hybridized carbons (Fsp3) is 0.261. The molecule has 5 rings (SSSR count). The Morgan fingerprint density at radius 1 is 1.06 bits per heavy atom. The molecule has 32 heavy (non-hydrogen) atoms. The van der Waals surface area contributed by atoms with Gasteiger partial charge in [0, 0.05) is 11.8 Å². The highest BCUT2D eigenvalue weighted by molar-refractivity contribution is 5.71. The number of methoxy groups -OCH3 is 1. The Bertz CT molecular complexity index is 1250. The van der Waals surface area contributed by atoms with Gasteiger partial charge in [0.15, 0.2) is 11.3 Å². The maximum absolute atomic E-state index is 14.3. The van der Waals surface area contributed by atoms with E-state index in [1.807, 2.05) is 28.8 Å². The standard InChI is InChI=1S/C23H22F2N6O/c1-32-17-9-7-15(8-10-17)27-22-26-13-20-21(30-22)31(16-4-2-3-5-16)23(29-20)28-19-12-14(24)6-11-18(19)25/h6-13,16H,2-5H2,1H3,(H2,26,27,28,29,30)/p+1. The SMILES string of the molecule is COc1ccc(Nc2ncc3[nH]c(Nc4cc(F)ccc4F)[n+](C4CCCC4)c3n2)cc1. The predicted molar refractivity (Wildman–Crippen MR) is 118 cm³/mol. The average Bonchev–Trinajstić information content (AvgIpc) is 3.44. The molecule has 3 N–H and O–H groups in total. The van der Waals surface area contributed by atoms with E-state index in [2.05, 4.69) is 20.6 Å². The summed E-state index contributed by atoms with van der Waals surface area (Å²) in [6, 6.07) is 11.0. The second-order valence-corrected chi connectivity index (χ2v) is 7.82. The molecular formula is C23H23F2N6O+. The molecule has 1 aliphatic rings. The molecule has 0 radical (unpaired) electrons. The quantitative estimate of drug-likeness (QED) is 0.364. The van der Waals surface area contributed by atoms with Gasteiger partial charge in [-0.1, -0.05) is 17.8 Å². The van der Waals surface area contributed by atoms with Crippen LogP contribution in [0, 0.1) is 11.6 Å². The average molecular weight is 437 g/mol. The zero-order valence-corrected chi connectivity index (χ0v) is 17.5. The van der Waals surface area contributed by atoms with Gasteiger partial charge in [-0.25, -0.2) is 18.3 Å². The normalized spacial score (nSPS) is 14.1. The van der Waals surface area contributed by atoms with Crippen LogP contribution in [0.25, 0.3) is 11.2 Å². The Morgan fingerprint density at radius 2 is 1.84 bits per heavy atom. The van der Waals surface area contributed by atoms with E-state index in [1.54, 1.807) is 13.3 Å². The first-order valence-corrected chi connectivity index (χ1v) is 10.5. The highest BCUT2D eigenvalue weighted by Crippen LogP contribution is 2.30. The predicted octanol–water partition coefficient (Wildman–Crippen LogP) is 5.13. The van der Waals surface area contributed by atoms with Gasteiger partial charge in [-0.15, -0.1) is 0 Å². The van der Waals surface area contributed by atoms with Gasteiger partial charge in [0.25, 0.3) is 11.6 Å². The molecule has 7 nitrogen and oxygen atoms in total. The Kier molecular flexibility index (Phi) is 5.30. The fourth-order valence-corrected chi connectivity index (χ4v) is 4.13. The molecule has 2 aromatic carbocycles. The van der Waals surface area contributed by atoms with Crippen LogP contribution in [-0.2, 0) is 0 Å². The van der Waals surface area contributed by atoms with Crippen LogP contribution in [-0.4, -0.2) is 22.1 Å². The molecule has 164 valence electrons. The number of rotatable bonds is 6. The largest absolute Gasteiger partial charge is 0.497 e. The monoisotopic (exact) mass is 437 g/mol. The molecule has 1 saturated carbocycles. The van der Waals surface area contributed by atoms with Crippen LogP contribution in [0.15, 0.2) is 48.7 Å². The first kappa shape index (κ1) is 20.2. The number of benzene rings is 2. The van der Waals surface area contributed by atoms with Crippen molar-refractivity contribution in [1.82, 2.24) is 15.0 Å². The Balaban J connectivity index is 1.53. The van der Waals surface area contributed by atoms with Crippen molar-refractivity contribution >= 4 is 34.4 Å². The van der Waals surface area contributed by atoms with E-state index in [1.165, 1.54) is 0 Å². The summed E-state index contributed by atoms with van der Waals surface area (Å²) in [6.07, 6.45) is 5.89. The van der Waals surface area contributed by atoms with Gasteiger partial charge in [0.1, 0.15) is 17.3 Å². The van der Waals surface area contributed by atoms with Crippen LogP contribution < -0.4 is 19.9 Å². The lowest BCUT2D eigenvalue weighted by Crippen LogP contribution is -2.40. The lowest BCUT2D eigenvalue weighted by Gasteiger charge is -2.11. The van der Waals surface area contributed by atoms with Gasteiger partial charge in [0.05, 0.1) is 19.3 Å². The Morgan fingerprint density at radius 3 is 2.59 bits per heavy atom. The smallest absolute Gasteiger partial charge is 0.320 e. The zero-order valence-electron chi connectivity index (χ0n) is 17.5. The number of ether oxygens (including phenoxy) is 1. The summed E-state index contributed by atoms with van der Waals surface area (Å²) >= 11 is 0. The third kappa shape index (κ3) is 3.93. The molecule has 0 spiro atoms. The highest BCUT2D eigenvalue weighted by atomic mass is 19.1. The molecule has 1 aliphatic carbocycles. The summed E-state index contributed by atoms with van der Waals surface area (Å²) in [4.78, 5) is 12.4. The summed E-state index contributed by atoms with van der Waals surface area (Å²) in [5.74, 6) is 0.709. The number of halogens is 2. The van der Waals surface area contributed by atoms with Crippen molar-refractivity contribution in [3.63, 3.8) is 0 Å². The second-order valence-electron chi connectivity index (χ2n) is 7.82. The molecule has 1 fully saturated rings. The highest BCUT2D eigenvalue weighted by Gasteiger charge is 2.29. The Labute approximate surface area is 183 Å². The van der Waals surface area contributed by atoms with Gasteiger partial charge < -0.3 is 10.1 Å². The number of nitrogens with one attached hydrogen (secondary N) is 3. The van der Waals surface area contributed by atoms with Gasteiger partial charge in [0.2, 0.25) is 0 Å². The van der Waals surface area contributed by atoms with Crippen molar-refractivity contribution in [3.05, 3.63) is 60.3 Å². The minimum absolute atomic E-state index is 0.0628. The summed E-state index contributed by atoms with van der Waals surface area (Å²) in [5.41, 5.74) is 2.29. The number of hydrogen-bond acceptors (Lipinski definition) is 5. The lowest BCUT2D eigenvalue weighted by atomic mass is 10.2. The molecular weight excluding hydrogens is 414 g/mol. The summed E-state index contributed by atoms with van der Waals surface area (Å²) < 4.78 is 35.2.